The topological polar surface area (TPSA) is 26.3 Å². The van der Waals surface area contributed by atoms with E-state index >= 15 is 0 Å². The Morgan fingerprint density at radius 1 is 0.958 bits per heavy atom. The summed E-state index contributed by atoms with van der Waals surface area (Å²) in [5, 5.41) is 2.01. The Morgan fingerprint density at radius 2 is 1.67 bits per heavy atom. The van der Waals surface area contributed by atoms with Crippen LogP contribution in [0, 0.1) is 11.6 Å². The van der Waals surface area contributed by atoms with Crippen LogP contribution < -0.4 is 4.74 Å². The van der Waals surface area contributed by atoms with Crippen molar-refractivity contribution in [2.45, 2.75) is 13.0 Å². The number of fused-ring (bicyclic) bond motifs is 1. The lowest BCUT2D eigenvalue weighted by Crippen LogP contribution is -2.24. The van der Waals surface area contributed by atoms with Gasteiger partial charge in [-0.3, -0.25) is 4.79 Å². The first-order chi connectivity index (χ1) is 11.4. The first-order valence-corrected chi connectivity index (χ1v) is 8.08. The molecule has 0 fully saturated rings. The summed E-state index contributed by atoms with van der Waals surface area (Å²) in [6.45, 7) is 1.58. The molecule has 0 aliphatic rings. The molecule has 1 atom stereocenters. The van der Waals surface area contributed by atoms with Crippen LogP contribution in [0.2, 0.25) is 0 Å². The second kappa shape index (κ2) is 6.69. The van der Waals surface area contributed by atoms with Crippen LogP contribution >= 0.6 is 15.9 Å². The van der Waals surface area contributed by atoms with Gasteiger partial charge in [0.25, 0.3) is 0 Å². The molecule has 3 aromatic carbocycles. The Morgan fingerprint density at radius 3 is 2.42 bits per heavy atom. The van der Waals surface area contributed by atoms with E-state index < -0.39 is 23.5 Å². The quantitative estimate of drug-likeness (QED) is 0.547. The summed E-state index contributed by atoms with van der Waals surface area (Å²) in [6.07, 6.45) is -0.817. The molecule has 0 aliphatic heterocycles. The van der Waals surface area contributed by atoms with Crippen molar-refractivity contribution in [3.8, 4) is 5.75 Å². The summed E-state index contributed by atoms with van der Waals surface area (Å²) < 4.78 is 32.9. The molecule has 0 saturated heterocycles. The number of hydrogen-bond donors (Lipinski definition) is 0. The minimum absolute atomic E-state index is 0.0751. The Balaban J connectivity index is 1.80. The standard InChI is InChI=1S/C19H13BrF2O2/c1-11(19(23)14-4-7-17(21)18(22)10-14)24-16-6-3-12-8-15(20)5-2-13(12)9-16/h2-11H,1H3/t11-/m1/s1. The zero-order valence-corrected chi connectivity index (χ0v) is 14.3. The molecule has 0 heterocycles. The van der Waals surface area contributed by atoms with E-state index in [0.29, 0.717) is 5.75 Å². The number of benzene rings is 3. The van der Waals surface area contributed by atoms with Gasteiger partial charge in [-0.1, -0.05) is 28.1 Å². The normalized spacial score (nSPS) is 12.2. The van der Waals surface area contributed by atoms with Gasteiger partial charge in [-0.2, -0.15) is 0 Å². The highest BCUT2D eigenvalue weighted by Crippen LogP contribution is 2.25. The molecule has 0 aromatic heterocycles. The molecule has 0 spiro atoms. The highest BCUT2D eigenvalue weighted by molar-refractivity contribution is 9.10. The lowest BCUT2D eigenvalue weighted by molar-refractivity contribution is 0.0818. The van der Waals surface area contributed by atoms with E-state index in [4.69, 9.17) is 4.74 Å². The van der Waals surface area contributed by atoms with E-state index in [2.05, 4.69) is 15.9 Å². The average Bonchev–Trinajstić information content (AvgIpc) is 2.56. The number of ketones is 1. The molecular weight excluding hydrogens is 378 g/mol. The van der Waals surface area contributed by atoms with Crippen LogP contribution in [0.4, 0.5) is 8.78 Å². The van der Waals surface area contributed by atoms with Gasteiger partial charge < -0.3 is 4.74 Å². The fraction of sp³-hybridized carbons (Fsp3) is 0.105. The van der Waals surface area contributed by atoms with Crippen LogP contribution in [0.3, 0.4) is 0 Å². The van der Waals surface area contributed by atoms with Gasteiger partial charge in [-0.15, -0.1) is 0 Å². The molecule has 0 N–H and O–H groups in total. The second-order valence-corrected chi connectivity index (χ2v) is 6.32. The van der Waals surface area contributed by atoms with E-state index in [0.717, 1.165) is 27.4 Å². The number of ether oxygens (including phenoxy) is 1. The van der Waals surface area contributed by atoms with Crippen LogP contribution in [0.15, 0.2) is 59.1 Å². The summed E-state index contributed by atoms with van der Waals surface area (Å²) in [5.41, 5.74) is 0.0751. The highest BCUT2D eigenvalue weighted by atomic mass is 79.9. The number of rotatable bonds is 4. The van der Waals surface area contributed by atoms with E-state index in [1.165, 1.54) is 6.07 Å². The van der Waals surface area contributed by atoms with Gasteiger partial charge in [0, 0.05) is 10.0 Å². The first kappa shape index (κ1) is 16.6. The Bertz CT molecular complexity index is 924. The second-order valence-electron chi connectivity index (χ2n) is 5.41. The SMILES string of the molecule is C[C@@H](Oc1ccc2cc(Br)ccc2c1)C(=O)c1ccc(F)c(F)c1. The van der Waals surface area contributed by atoms with Crippen LogP contribution in [-0.2, 0) is 0 Å². The van der Waals surface area contributed by atoms with E-state index in [1.807, 2.05) is 30.3 Å². The number of carbonyl (C=O) groups is 1. The highest BCUT2D eigenvalue weighted by Gasteiger charge is 2.18. The summed E-state index contributed by atoms with van der Waals surface area (Å²) in [6, 6.07) is 14.4. The van der Waals surface area contributed by atoms with Crippen molar-refractivity contribution in [1.29, 1.82) is 0 Å². The molecule has 3 rings (SSSR count). The van der Waals surface area contributed by atoms with Crippen LogP contribution in [0.5, 0.6) is 5.75 Å². The molecule has 0 saturated carbocycles. The van der Waals surface area contributed by atoms with Crippen molar-refractivity contribution in [3.05, 3.63) is 76.3 Å². The third-order valence-electron chi connectivity index (χ3n) is 3.66. The average molecular weight is 391 g/mol. The largest absolute Gasteiger partial charge is 0.483 e. The van der Waals surface area contributed by atoms with Crippen LogP contribution in [0.1, 0.15) is 17.3 Å². The predicted molar refractivity (Wildman–Crippen MR) is 92.4 cm³/mol. The maximum Gasteiger partial charge on any atom is 0.203 e. The van der Waals surface area contributed by atoms with Gasteiger partial charge in [0.1, 0.15) is 5.75 Å². The minimum Gasteiger partial charge on any atom is -0.483 e. The zero-order chi connectivity index (χ0) is 17.3. The van der Waals surface area contributed by atoms with E-state index in [-0.39, 0.29) is 5.56 Å². The van der Waals surface area contributed by atoms with Crippen molar-refractivity contribution in [2.24, 2.45) is 0 Å². The molecule has 0 unspecified atom stereocenters. The molecule has 0 bridgehead atoms. The summed E-state index contributed by atoms with van der Waals surface area (Å²) in [7, 11) is 0. The van der Waals surface area contributed by atoms with E-state index in [9.17, 15) is 13.6 Å². The van der Waals surface area contributed by atoms with Crippen molar-refractivity contribution in [1.82, 2.24) is 0 Å². The molecule has 122 valence electrons. The van der Waals surface area contributed by atoms with Crippen LogP contribution in [-0.4, -0.2) is 11.9 Å². The third-order valence-corrected chi connectivity index (χ3v) is 4.15. The number of halogens is 3. The van der Waals surface area contributed by atoms with Gasteiger partial charge in [-0.05, 0) is 60.2 Å². The molecular formula is C19H13BrF2O2. The molecule has 5 heteroatoms. The van der Waals surface area contributed by atoms with E-state index in [1.54, 1.807) is 13.0 Å². The molecule has 0 aliphatic carbocycles. The fourth-order valence-corrected chi connectivity index (χ4v) is 2.79. The number of Topliss-reactive ketones (excluding diaryl/α,β-unsaturated/α-hetero) is 1. The lowest BCUT2D eigenvalue weighted by Gasteiger charge is -2.14. The molecule has 2 nitrogen and oxygen atoms in total. The zero-order valence-electron chi connectivity index (χ0n) is 12.7. The number of hydrogen-bond acceptors (Lipinski definition) is 2. The Hall–Kier alpha value is -2.27. The maximum absolute atomic E-state index is 13.3. The fourth-order valence-electron chi connectivity index (χ4n) is 2.41. The van der Waals surface area contributed by atoms with Crippen molar-refractivity contribution in [2.75, 3.05) is 0 Å². The Labute approximate surface area is 146 Å². The van der Waals surface area contributed by atoms with Gasteiger partial charge >= 0.3 is 0 Å². The van der Waals surface area contributed by atoms with Gasteiger partial charge in [0.15, 0.2) is 17.7 Å². The molecule has 3 aromatic rings. The third kappa shape index (κ3) is 3.46. The van der Waals surface area contributed by atoms with Crippen molar-refractivity contribution in [3.63, 3.8) is 0 Å². The summed E-state index contributed by atoms with van der Waals surface area (Å²) in [5.74, 6) is -1.91. The monoisotopic (exact) mass is 390 g/mol. The maximum atomic E-state index is 13.3. The van der Waals surface area contributed by atoms with Gasteiger partial charge in [0.2, 0.25) is 5.78 Å². The predicted octanol–water partition coefficient (Wildman–Crippen LogP) is 5.53. The summed E-state index contributed by atoms with van der Waals surface area (Å²) >= 11 is 3.41. The first-order valence-electron chi connectivity index (χ1n) is 7.29. The number of carbonyl (C=O) groups excluding carboxylic acids is 1. The molecule has 24 heavy (non-hydrogen) atoms. The minimum atomic E-state index is -1.05. The summed E-state index contributed by atoms with van der Waals surface area (Å²) in [4.78, 5) is 12.3. The molecule has 0 amide bonds. The molecule has 0 radical (unpaired) electrons. The van der Waals surface area contributed by atoms with Gasteiger partial charge in [-0.25, -0.2) is 8.78 Å². The van der Waals surface area contributed by atoms with Crippen molar-refractivity contribution < 1.29 is 18.3 Å². The van der Waals surface area contributed by atoms with Crippen LogP contribution in [0.25, 0.3) is 10.8 Å². The van der Waals surface area contributed by atoms with Crippen molar-refractivity contribution >= 4 is 32.5 Å². The van der Waals surface area contributed by atoms with Gasteiger partial charge in [0.05, 0.1) is 0 Å². The Kier molecular flexibility index (Phi) is 4.62. The smallest absolute Gasteiger partial charge is 0.203 e. The lowest BCUT2D eigenvalue weighted by atomic mass is 10.1.